The Hall–Kier alpha value is -3.29. The summed E-state index contributed by atoms with van der Waals surface area (Å²) in [6, 6.07) is 12.0. The smallest absolute Gasteiger partial charge is 0.487 e. The number of aryl methyl sites for hydroxylation is 1. The first-order chi connectivity index (χ1) is 13.2. The molecule has 0 fully saturated rings. The summed E-state index contributed by atoms with van der Waals surface area (Å²) in [5.74, 6) is 0.905. The van der Waals surface area contributed by atoms with Gasteiger partial charge in [-0.2, -0.15) is 0 Å². The monoisotopic (exact) mass is 391 g/mol. The van der Waals surface area contributed by atoms with Gasteiger partial charge in [0.2, 0.25) is 5.89 Å². The summed E-state index contributed by atoms with van der Waals surface area (Å²) in [6.07, 6.45) is -4.74. The number of ether oxygens (including phenoxy) is 2. The summed E-state index contributed by atoms with van der Waals surface area (Å²) in [4.78, 5) is 15.8. The van der Waals surface area contributed by atoms with Gasteiger partial charge in [-0.25, -0.2) is 4.98 Å². The summed E-state index contributed by atoms with van der Waals surface area (Å²) < 4.78 is 51.8. The fraction of sp³-hybridized carbons (Fsp3) is 0.200. The van der Waals surface area contributed by atoms with E-state index in [0.29, 0.717) is 28.3 Å². The SMILES string of the molecule is CC(=O)c1cccc(OCc2nc(-c3ccc(OC(F)(F)F)cc3)oc2C)c1. The lowest BCUT2D eigenvalue weighted by molar-refractivity contribution is -0.274. The molecule has 1 aromatic heterocycles. The molecule has 3 aromatic rings. The molecule has 5 nitrogen and oxygen atoms in total. The largest absolute Gasteiger partial charge is 0.573 e. The van der Waals surface area contributed by atoms with Crippen LogP contribution in [0, 0.1) is 6.92 Å². The number of Topliss-reactive ketones (excluding diaryl/α,β-unsaturated/α-hetero) is 1. The van der Waals surface area contributed by atoms with Crippen molar-refractivity contribution in [2.75, 3.05) is 0 Å². The number of ketones is 1. The molecule has 0 saturated carbocycles. The lowest BCUT2D eigenvalue weighted by Crippen LogP contribution is -2.16. The molecule has 0 amide bonds. The third-order valence-corrected chi connectivity index (χ3v) is 3.84. The number of hydrogen-bond donors (Lipinski definition) is 0. The number of rotatable bonds is 6. The van der Waals surface area contributed by atoms with Crippen molar-refractivity contribution in [3.8, 4) is 23.0 Å². The molecule has 0 aliphatic heterocycles. The Balaban J connectivity index is 1.71. The van der Waals surface area contributed by atoms with Crippen molar-refractivity contribution in [2.24, 2.45) is 0 Å². The zero-order chi connectivity index (χ0) is 20.3. The highest BCUT2D eigenvalue weighted by Gasteiger charge is 2.31. The first-order valence-electron chi connectivity index (χ1n) is 8.27. The molecule has 1 heterocycles. The molecule has 0 N–H and O–H groups in total. The Labute approximate surface area is 158 Å². The molecular weight excluding hydrogens is 375 g/mol. The number of carbonyl (C=O) groups excluding carboxylic acids is 1. The number of aromatic nitrogens is 1. The molecule has 0 radical (unpaired) electrons. The third-order valence-electron chi connectivity index (χ3n) is 3.84. The fourth-order valence-corrected chi connectivity index (χ4v) is 2.44. The molecule has 28 heavy (non-hydrogen) atoms. The van der Waals surface area contributed by atoms with E-state index in [4.69, 9.17) is 9.15 Å². The van der Waals surface area contributed by atoms with Gasteiger partial charge < -0.3 is 13.9 Å². The molecule has 0 saturated heterocycles. The van der Waals surface area contributed by atoms with Crippen molar-refractivity contribution in [1.29, 1.82) is 0 Å². The maximum absolute atomic E-state index is 12.2. The van der Waals surface area contributed by atoms with E-state index in [9.17, 15) is 18.0 Å². The normalized spacial score (nSPS) is 11.3. The first-order valence-corrected chi connectivity index (χ1v) is 8.27. The Bertz CT molecular complexity index is 978. The molecule has 0 atom stereocenters. The zero-order valence-electron chi connectivity index (χ0n) is 15.0. The minimum absolute atomic E-state index is 0.0664. The lowest BCUT2D eigenvalue weighted by Gasteiger charge is -2.08. The molecule has 0 aliphatic rings. The minimum Gasteiger partial charge on any atom is -0.487 e. The minimum atomic E-state index is -4.74. The molecule has 2 aromatic carbocycles. The Kier molecular flexibility index (Phi) is 5.39. The predicted molar refractivity (Wildman–Crippen MR) is 94.1 cm³/mol. The molecule has 3 rings (SSSR count). The van der Waals surface area contributed by atoms with Gasteiger partial charge in [-0.15, -0.1) is 13.2 Å². The van der Waals surface area contributed by atoms with E-state index in [2.05, 4.69) is 9.72 Å². The highest BCUT2D eigenvalue weighted by atomic mass is 19.4. The van der Waals surface area contributed by atoms with Crippen LogP contribution in [-0.2, 0) is 6.61 Å². The van der Waals surface area contributed by atoms with Gasteiger partial charge in [-0.1, -0.05) is 12.1 Å². The van der Waals surface area contributed by atoms with Crippen LogP contribution in [0.5, 0.6) is 11.5 Å². The van der Waals surface area contributed by atoms with Gasteiger partial charge in [0.1, 0.15) is 29.6 Å². The van der Waals surface area contributed by atoms with Crippen LogP contribution in [0.15, 0.2) is 52.9 Å². The van der Waals surface area contributed by atoms with Crippen LogP contribution in [0.1, 0.15) is 28.7 Å². The van der Waals surface area contributed by atoms with Crippen molar-refractivity contribution in [2.45, 2.75) is 26.8 Å². The van der Waals surface area contributed by atoms with Crippen LogP contribution in [-0.4, -0.2) is 17.1 Å². The Morgan fingerprint density at radius 1 is 1.11 bits per heavy atom. The number of hydrogen-bond acceptors (Lipinski definition) is 5. The molecule has 0 aliphatic carbocycles. The molecule has 146 valence electrons. The zero-order valence-corrected chi connectivity index (χ0v) is 15.0. The van der Waals surface area contributed by atoms with Crippen molar-refractivity contribution in [3.05, 3.63) is 65.5 Å². The highest BCUT2D eigenvalue weighted by molar-refractivity contribution is 5.94. The second kappa shape index (κ2) is 7.75. The van der Waals surface area contributed by atoms with Gasteiger partial charge in [0.05, 0.1) is 0 Å². The predicted octanol–water partition coefficient (Wildman–Crippen LogP) is 5.33. The van der Waals surface area contributed by atoms with Gasteiger partial charge in [-0.05, 0) is 50.2 Å². The van der Waals surface area contributed by atoms with E-state index in [0.717, 1.165) is 0 Å². The number of halogens is 3. The van der Waals surface area contributed by atoms with E-state index in [-0.39, 0.29) is 24.0 Å². The van der Waals surface area contributed by atoms with Crippen molar-refractivity contribution < 1.29 is 31.9 Å². The lowest BCUT2D eigenvalue weighted by atomic mass is 10.1. The summed E-state index contributed by atoms with van der Waals surface area (Å²) in [5, 5.41) is 0. The van der Waals surface area contributed by atoms with Crippen molar-refractivity contribution in [1.82, 2.24) is 4.98 Å². The van der Waals surface area contributed by atoms with Crippen LogP contribution in [0.3, 0.4) is 0 Å². The summed E-state index contributed by atoms with van der Waals surface area (Å²) >= 11 is 0. The van der Waals surface area contributed by atoms with Gasteiger partial charge in [0.25, 0.3) is 0 Å². The van der Waals surface area contributed by atoms with Crippen molar-refractivity contribution >= 4 is 5.78 Å². The first kappa shape index (κ1) is 19.5. The van der Waals surface area contributed by atoms with E-state index in [1.165, 1.54) is 31.2 Å². The Morgan fingerprint density at radius 3 is 2.46 bits per heavy atom. The molecule has 0 unspecified atom stereocenters. The number of nitrogens with zero attached hydrogens (tertiary/aromatic N) is 1. The maximum atomic E-state index is 12.2. The number of oxazole rings is 1. The highest BCUT2D eigenvalue weighted by Crippen LogP contribution is 2.27. The Morgan fingerprint density at radius 2 is 1.82 bits per heavy atom. The van der Waals surface area contributed by atoms with Crippen LogP contribution < -0.4 is 9.47 Å². The second-order valence-corrected chi connectivity index (χ2v) is 5.97. The number of benzene rings is 2. The third kappa shape index (κ3) is 4.91. The van der Waals surface area contributed by atoms with E-state index in [1.54, 1.807) is 31.2 Å². The van der Waals surface area contributed by atoms with E-state index < -0.39 is 6.36 Å². The van der Waals surface area contributed by atoms with Gasteiger partial charge in [0.15, 0.2) is 5.78 Å². The van der Waals surface area contributed by atoms with Gasteiger partial charge in [-0.3, -0.25) is 4.79 Å². The summed E-state index contributed by atoms with van der Waals surface area (Å²) in [6.45, 7) is 3.30. The topological polar surface area (TPSA) is 61.6 Å². The van der Waals surface area contributed by atoms with Crippen LogP contribution >= 0.6 is 0 Å². The van der Waals surface area contributed by atoms with Crippen molar-refractivity contribution in [3.63, 3.8) is 0 Å². The molecular formula is C20H16F3NO4. The summed E-state index contributed by atoms with van der Waals surface area (Å²) in [7, 11) is 0. The molecule has 8 heteroatoms. The van der Waals surface area contributed by atoms with E-state index >= 15 is 0 Å². The average molecular weight is 391 g/mol. The molecule has 0 spiro atoms. The van der Waals surface area contributed by atoms with Crippen LogP contribution in [0.25, 0.3) is 11.5 Å². The number of carbonyl (C=O) groups is 1. The van der Waals surface area contributed by atoms with E-state index in [1.807, 2.05) is 0 Å². The second-order valence-electron chi connectivity index (χ2n) is 5.97. The molecule has 0 bridgehead atoms. The average Bonchev–Trinajstić information content (AvgIpc) is 3.00. The maximum Gasteiger partial charge on any atom is 0.573 e. The quantitative estimate of drug-likeness (QED) is 0.532. The van der Waals surface area contributed by atoms with Crippen LogP contribution in [0.2, 0.25) is 0 Å². The number of alkyl halides is 3. The fourth-order valence-electron chi connectivity index (χ4n) is 2.44. The standard InChI is InChI=1S/C20H16F3NO4/c1-12(25)15-4-3-5-17(10-15)26-11-18-13(2)27-19(24-18)14-6-8-16(9-7-14)28-20(21,22)23/h3-10H,11H2,1-2H3. The summed E-state index contributed by atoms with van der Waals surface area (Å²) in [5.41, 5.74) is 1.58. The van der Waals surface area contributed by atoms with Gasteiger partial charge in [0, 0.05) is 11.1 Å². The van der Waals surface area contributed by atoms with Crippen LogP contribution in [0.4, 0.5) is 13.2 Å². The van der Waals surface area contributed by atoms with Gasteiger partial charge >= 0.3 is 6.36 Å².